The SMILES string of the molecule is CC(C)C(C(=O)OCc1nc(-c2ccccc2)no1)c1ccc(Cl)cc1. The molecule has 6 heteroatoms. The normalized spacial score (nSPS) is 12.2. The molecule has 0 amide bonds. The average molecular weight is 371 g/mol. The van der Waals surface area contributed by atoms with E-state index in [1.165, 1.54) is 0 Å². The lowest BCUT2D eigenvalue weighted by Gasteiger charge is -2.19. The molecule has 0 aliphatic carbocycles. The molecule has 0 fully saturated rings. The van der Waals surface area contributed by atoms with Crippen molar-refractivity contribution in [1.82, 2.24) is 10.1 Å². The minimum atomic E-state index is -0.385. The Hall–Kier alpha value is -2.66. The van der Waals surface area contributed by atoms with Crippen molar-refractivity contribution in [2.45, 2.75) is 26.4 Å². The van der Waals surface area contributed by atoms with Gasteiger partial charge in [0.25, 0.3) is 5.89 Å². The van der Waals surface area contributed by atoms with E-state index in [2.05, 4.69) is 10.1 Å². The van der Waals surface area contributed by atoms with Gasteiger partial charge in [0.05, 0.1) is 5.92 Å². The first-order valence-corrected chi connectivity index (χ1v) is 8.72. The van der Waals surface area contributed by atoms with E-state index >= 15 is 0 Å². The van der Waals surface area contributed by atoms with E-state index in [1.54, 1.807) is 12.1 Å². The Morgan fingerprint density at radius 1 is 1.12 bits per heavy atom. The van der Waals surface area contributed by atoms with Crippen molar-refractivity contribution < 1.29 is 14.1 Å². The summed E-state index contributed by atoms with van der Waals surface area (Å²) in [5.41, 5.74) is 1.71. The van der Waals surface area contributed by atoms with Gasteiger partial charge in [-0.1, -0.05) is 73.1 Å². The summed E-state index contributed by atoms with van der Waals surface area (Å²) in [6, 6.07) is 16.7. The van der Waals surface area contributed by atoms with E-state index in [9.17, 15) is 4.79 Å². The maximum absolute atomic E-state index is 12.6. The Morgan fingerprint density at radius 2 is 1.81 bits per heavy atom. The first kappa shape index (κ1) is 18.1. The van der Waals surface area contributed by atoms with Crippen molar-refractivity contribution in [3.8, 4) is 11.4 Å². The molecule has 0 saturated carbocycles. The molecule has 2 aromatic carbocycles. The number of nitrogens with zero attached hydrogens (tertiary/aromatic N) is 2. The zero-order valence-electron chi connectivity index (χ0n) is 14.6. The lowest BCUT2D eigenvalue weighted by atomic mass is 9.88. The number of carbonyl (C=O) groups excluding carboxylic acids is 1. The van der Waals surface area contributed by atoms with Gasteiger partial charge in [-0.05, 0) is 23.6 Å². The van der Waals surface area contributed by atoms with Gasteiger partial charge in [0.2, 0.25) is 5.82 Å². The average Bonchev–Trinajstić information content (AvgIpc) is 3.11. The van der Waals surface area contributed by atoms with Gasteiger partial charge < -0.3 is 9.26 Å². The van der Waals surface area contributed by atoms with Crippen LogP contribution in [0.15, 0.2) is 59.1 Å². The molecule has 5 nitrogen and oxygen atoms in total. The molecular formula is C20H19ClN2O3. The van der Waals surface area contributed by atoms with Gasteiger partial charge in [-0.2, -0.15) is 4.98 Å². The zero-order chi connectivity index (χ0) is 18.5. The molecule has 1 aromatic heterocycles. The number of carbonyl (C=O) groups is 1. The van der Waals surface area contributed by atoms with Gasteiger partial charge in [0.15, 0.2) is 6.61 Å². The number of aromatic nitrogens is 2. The van der Waals surface area contributed by atoms with Crippen LogP contribution in [0.25, 0.3) is 11.4 Å². The number of hydrogen-bond acceptors (Lipinski definition) is 5. The molecule has 0 bridgehead atoms. The van der Waals surface area contributed by atoms with Crippen LogP contribution < -0.4 is 0 Å². The number of hydrogen-bond donors (Lipinski definition) is 0. The Balaban J connectivity index is 1.67. The first-order valence-electron chi connectivity index (χ1n) is 8.34. The summed E-state index contributed by atoms with van der Waals surface area (Å²) < 4.78 is 10.6. The smallest absolute Gasteiger partial charge is 0.314 e. The second kappa shape index (κ2) is 8.15. The maximum atomic E-state index is 12.6. The largest absolute Gasteiger partial charge is 0.455 e. The molecular weight excluding hydrogens is 352 g/mol. The van der Waals surface area contributed by atoms with Crippen LogP contribution in [0.2, 0.25) is 5.02 Å². The highest BCUT2D eigenvalue weighted by molar-refractivity contribution is 6.30. The molecule has 134 valence electrons. The molecule has 1 unspecified atom stereocenters. The van der Waals surface area contributed by atoms with Gasteiger partial charge >= 0.3 is 5.97 Å². The van der Waals surface area contributed by atoms with Gasteiger partial charge in [-0.15, -0.1) is 0 Å². The van der Waals surface area contributed by atoms with E-state index in [0.29, 0.717) is 10.8 Å². The third-order valence-corrected chi connectivity index (χ3v) is 4.24. The van der Waals surface area contributed by atoms with Crippen LogP contribution in [0.5, 0.6) is 0 Å². The number of esters is 1. The van der Waals surface area contributed by atoms with Crippen molar-refractivity contribution in [3.63, 3.8) is 0 Å². The van der Waals surface area contributed by atoms with Crippen LogP contribution in [-0.4, -0.2) is 16.1 Å². The summed E-state index contributed by atoms with van der Waals surface area (Å²) in [6.07, 6.45) is 0. The van der Waals surface area contributed by atoms with Crippen molar-refractivity contribution in [1.29, 1.82) is 0 Å². The summed E-state index contributed by atoms with van der Waals surface area (Å²) in [7, 11) is 0. The van der Waals surface area contributed by atoms with Crippen LogP contribution in [0.1, 0.15) is 31.2 Å². The van der Waals surface area contributed by atoms with Crippen molar-refractivity contribution in [3.05, 3.63) is 71.1 Å². The lowest BCUT2D eigenvalue weighted by molar-refractivity contribution is -0.148. The van der Waals surface area contributed by atoms with Crippen LogP contribution in [0.4, 0.5) is 0 Å². The quantitative estimate of drug-likeness (QED) is 0.579. The number of benzene rings is 2. The molecule has 0 saturated heterocycles. The van der Waals surface area contributed by atoms with Crippen molar-refractivity contribution in [2.24, 2.45) is 5.92 Å². The van der Waals surface area contributed by atoms with Crippen molar-refractivity contribution >= 4 is 17.6 Å². The van der Waals surface area contributed by atoms with E-state index < -0.39 is 0 Å². The predicted octanol–water partition coefficient (Wildman–Crippen LogP) is 4.87. The van der Waals surface area contributed by atoms with E-state index in [0.717, 1.165) is 11.1 Å². The molecule has 26 heavy (non-hydrogen) atoms. The number of halogens is 1. The number of rotatable bonds is 6. The maximum Gasteiger partial charge on any atom is 0.314 e. The fourth-order valence-electron chi connectivity index (χ4n) is 2.70. The molecule has 0 radical (unpaired) electrons. The van der Waals surface area contributed by atoms with Crippen LogP contribution in [0, 0.1) is 5.92 Å². The summed E-state index contributed by atoms with van der Waals surface area (Å²) in [5, 5.41) is 4.55. The van der Waals surface area contributed by atoms with E-state index in [4.69, 9.17) is 20.9 Å². The Morgan fingerprint density at radius 3 is 2.46 bits per heavy atom. The highest BCUT2D eigenvalue weighted by atomic mass is 35.5. The van der Waals surface area contributed by atoms with Crippen molar-refractivity contribution in [2.75, 3.05) is 0 Å². The molecule has 1 heterocycles. The van der Waals surface area contributed by atoms with Gasteiger partial charge in [-0.3, -0.25) is 4.79 Å². The minimum Gasteiger partial charge on any atom is -0.455 e. The molecule has 0 N–H and O–H groups in total. The molecule has 0 aliphatic heterocycles. The van der Waals surface area contributed by atoms with Gasteiger partial charge in [-0.25, -0.2) is 0 Å². The second-order valence-corrected chi connectivity index (χ2v) is 6.70. The van der Waals surface area contributed by atoms with E-state index in [1.807, 2.05) is 56.3 Å². The Labute approximate surface area is 156 Å². The highest BCUT2D eigenvalue weighted by Crippen LogP contribution is 2.27. The first-order chi connectivity index (χ1) is 12.5. The summed E-state index contributed by atoms with van der Waals surface area (Å²) >= 11 is 5.93. The zero-order valence-corrected chi connectivity index (χ0v) is 15.3. The fourth-order valence-corrected chi connectivity index (χ4v) is 2.83. The third-order valence-electron chi connectivity index (χ3n) is 3.99. The van der Waals surface area contributed by atoms with E-state index in [-0.39, 0.29) is 30.3 Å². The monoisotopic (exact) mass is 370 g/mol. The van der Waals surface area contributed by atoms with Gasteiger partial charge in [0.1, 0.15) is 0 Å². The lowest BCUT2D eigenvalue weighted by Crippen LogP contribution is -2.20. The predicted molar refractivity (Wildman–Crippen MR) is 98.6 cm³/mol. The standard InChI is InChI=1S/C20H19ClN2O3/c1-13(2)18(14-8-10-16(21)11-9-14)20(24)25-12-17-22-19(23-26-17)15-6-4-3-5-7-15/h3-11,13,18H,12H2,1-2H3. The Kier molecular flexibility index (Phi) is 5.68. The van der Waals surface area contributed by atoms with Gasteiger partial charge in [0, 0.05) is 10.6 Å². The highest BCUT2D eigenvalue weighted by Gasteiger charge is 2.26. The summed E-state index contributed by atoms with van der Waals surface area (Å²) in [4.78, 5) is 16.8. The summed E-state index contributed by atoms with van der Waals surface area (Å²) in [6.45, 7) is 3.89. The molecule has 1 atom stereocenters. The number of ether oxygens (including phenoxy) is 1. The fraction of sp³-hybridized carbons (Fsp3) is 0.250. The molecule has 3 aromatic rings. The topological polar surface area (TPSA) is 65.2 Å². The molecule has 0 aliphatic rings. The Bertz CT molecular complexity index is 860. The second-order valence-electron chi connectivity index (χ2n) is 6.26. The molecule has 0 spiro atoms. The van der Waals surface area contributed by atoms with Crippen LogP contribution >= 0.6 is 11.6 Å². The molecule has 3 rings (SSSR count). The van der Waals surface area contributed by atoms with Crippen LogP contribution in [0.3, 0.4) is 0 Å². The minimum absolute atomic E-state index is 0.0600. The third kappa shape index (κ3) is 4.29. The summed E-state index contributed by atoms with van der Waals surface area (Å²) in [5.74, 6) is 0.0855. The van der Waals surface area contributed by atoms with Crippen LogP contribution in [-0.2, 0) is 16.1 Å².